The maximum Gasteiger partial charge on any atom is 0.273 e. The lowest BCUT2D eigenvalue weighted by molar-refractivity contribution is -0.00594. The van der Waals surface area contributed by atoms with Crippen molar-refractivity contribution in [1.82, 2.24) is 14.9 Å². The molecule has 5 nitrogen and oxygen atoms in total. The second-order valence-electron chi connectivity index (χ2n) is 6.28. The van der Waals surface area contributed by atoms with Gasteiger partial charge in [0.2, 0.25) is 0 Å². The minimum absolute atomic E-state index is 0.0946. The monoisotopic (exact) mass is 347 g/mol. The van der Waals surface area contributed by atoms with Crippen LogP contribution in [0.3, 0.4) is 0 Å². The van der Waals surface area contributed by atoms with Gasteiger partial charge in [-0.05, 0) is 24.5 Å². The van der Waals surface area contributed by atoms with E-state index in [1.807, 2.05) is 4.90 Å². The van der Waals surface area contributed by atoms with Crippen LogP contribution in [-0.2, 0) is 4.74 Å². The Kier molecular flexibility index (Phi) is 4.28. The Morgan fingerprint density at radius 2 is 2.33 bits per heavy atom. The molecule has 4 rings (SSSR count). The summed E-state index contributed by atoms with van der Waals surface area (Å²) in [6, 6.07) is 3.00. The third kappa shape index (κ3) is 3.18. The van der Waals surface area contributed by atoms with E-state index in [0.717, 1.165) is 12.3 Å². The summed E-state index contributed by atoms with van der Waals surface area (Å²) in [5, 5.41) is 2.12. The van der Waals surface area contributed by atoms with E-state index in [0.29, 0.717) is 30.5 Å². The smallest absolute Gasteiger partial charge is 0.273 e. The molecule has 0 unspecified atom stereocenters. The van der Waals surface area contributed by atoms with Crippen LogP contribution in [0.15, 0.2) is 23.7 Å². The van der Waals surface area contributed by atoms with Crippen molar-refractivity contribution in [3.8, 4) is 10.7 Å². The van der Waals surface area contributed by atoms with Gasteiger partial charge in [0, 0.05) is 18.1 Å². The van der Waals surface area contributed by atoms with E-state index in [2.05, 4.69) is 9.97 Å². The number of aromatic nitrogens is 2. The number of hydrogen-bond acceptors (Lipinski definition) is 5. The van der Waals surface area contributed by atoms with Crippen LogP contribution in [0, 0.1) is 11.7 Å². The summed E-state index contributed by atoms with van der Waals surface area (Å²) in [6.45, 7) is 1.73. The zero-order chi connectivity index (χ0) is 16.5. The van der Waals surface area contributed by atoms with E-state index in [9.17, 15) is 9.18 Å². The lowest BCUT2D eigenvalue weighted by Crippen LogP contribution is -2.49. The number of nitrogens with zero attached hydrogens (tertiary/aromatic N) is 3. The first kappa shape index (κ1) is 15.7. The van der Waals surface area contributed by atoms with E-state index in [1.165, 1.54) is 42.5 Å². The van der Waals surface area contributed by atoms with E-state index >= 15 is 0 Å². The van der Waals surface area contributed by atoms with Gasteiger partial charge in [0.05, 0.1) is 19.3 Å². The Labute approximate surface area is 143 Å². The highest BCUT2D eigenvalue weighted by atomic mass is 32.1. The molecule has 24 heavy (non-hydrogen) atoms. The molecule has 2 aromatic rings. The van der Waals surface area contributed by atoms with Gasteiger partial charge in [-0.2, -0.15) is 0 Å². The first-order chi connectivity index (χ1) is 11.7. The average molecular weight is 347 g/mol. The molecular weight excluding hydrogens is 329 g/mol. The number of pyridine rings is 1. The van der Waals surface area contributed by atoms with Crippen LogP contribution < -0.4 is 0 Å². The van der Waals surface area contributed by atoms with E-state index < -0.39 is 5.82 Å². The summed E-state index contributed by atoms with van der Waals surface area (Å²) in [6.07, 6.45) is 5.02. The van der Waals surface area contributed by atoms with Crippen LogP contribution in [0.25, 0.3) is 10.7 Å². The summed E-state index contributed by atoms with van der Waals surface area (Å²) < 4.78 is 19.4. The number of thiazole rings is 1. The van der Waals surface area contributed by atoms with Gasteiger partial charge in [0.25, 0.3) is 5.91 Å². The predicted octanol–water partition coefficient (Wildman–Crippen LogP) is 2.99. The third-order valence-corrected chi connectivity index (χ3v) is 5.32. The van der Waals surface area contributed by atoms with E-state index in [4.69, 9.17) is 4.74 Å². The molecule has 126 valence electrons. The second kappa shape index (κ2) is 6.57. The molecule has 0 spiro atoms. The third-order valence-electron chi connectivity index (χ3n) is 4.48. The molecule has 1 atom stereocenters. The predicted molar refractivity (Wildman–Crippen MR) is 88.3 cm³/mol. The van der Waals surface area contributed by atoms with Gasteiger partial charge in [0.15, 0.2) is 5.82 Å². The Morgan fingerprint density at radius 3 is 3.12 bits per heavy atom. The quantitative estimate of drug-likeness (QED) is 0.853. The van der Waals surface area contributed by atoms with Crippen LogP contribution in [0.2, 0.25) is 0 Å². The molecule has 2 aromatic heterocycles. The highest BCUT2D eigenvalue weighted by molar-refractivity contribution is 7.13. The van der Waals surface area contributed by atoms with Crippen LogP contribution in [-0.4, -0.2) is 46.6 Å². The number of ether oxygens (including phenoxy) is 1. The molecule has 1 aliphatic carbocycles. The molecule has 2 fully saturated rings. The first-order valence-corrected chi connectivity index (χ1v) is 9.05. The fourth-order valence-corrected chi connectivity index (χ4v) is 3.82. The van der Waals surface area contributed by atoms with Gasteiger partial charge in [-0.15, -0.1) is 11.3 Å². The fourth-order valence-electron chi connectivity index (χ4n) is 3.03. The zero-order valence-electron chi connectivity index (χ0n) is 13.2. The topological polar surface area (TPSA) is 55.3 Å². The molecule has 7 heteroatoms. The van der Waals surface area contributed by atoms with Crippen molar-refractivity contribution in [1.29, 1.82) is 0 Å². The maximum absolute atomic E-state index is 13.8. The van der Waals surface area contributed by atoms with Crippen molar-refractivity contribution >= 4 is 17.2 Å². The number of hydrogen-bond donors (Lipinski definition) is 0. The second-order valence-corrected chi connectivity index (χ2v) is 7.14. The Hall–Kier alpha value is -1.86. The highest BCUT2D eigenvalue weighted by Crippen LogP contribution is 2.35. The van der Waals surface area contributed by atoms with Crippen molar-refractivity contribution in [3.05, 3.63) is 35.2 Å². The van der Waals surface area contributed by atoms with Crippen molar-refractivity contribution in [2.75, 3.05) is 19.8 Å². The van der Waals surface area contributed by atoms with Crippen LogP contribution in [0.4, 0.5) is 4.39 Å². The van der Waals surface area contributed by atoms with Crippen molar-refractivity contribution in [2.45, 2.75) is 25.3 Å². The number of morpholine rings is 1. The largest absolute Gasteiger partial charge is 0.377 e. The van der Waals surface area contributed by atoms with E-state index in [-0.39, 0.29) is 17.6 Å². The highest BCUT2D eigenvalue weighted by Gasteiger charge is 2.34. The van der Waals surface area contributed by atoms with Gasteiger partial charge >= 0.3 is 0 Å². The van der Waals surface area contributed by atoms with Crippen LogP contribution in [0.5, 0.6) is 0 Å². The summed E-state index contributed by atoms with van der Waals surface area (Å²) in [4.78, 5) is 23.1. The molecule has 0 radical (unpaired) electrons. The molecule has 1 aliphatic heterocycles. The minimum Gasteiger partial charge on any atom is -0.377 e. The molecule has 2 aliphatic rings. The van der Waals surface area contributed by atoms with Gasteiger partial charge in [-0.3, -0.25) is 9.78 Å². The SMILES string of the molecule is O=C(c1csc(-c2ncccc2F)n1)N1CCOC[C@@H]1CC1CC1. The molecule has 0 aromatic carbocycles. The van der Waals surface area contributed by atoms with Gasteiger partial charge in [-0.1, -0.05) is 12.8 Å². The Balaban J connectivity index is 1.54. The number of halogens is 1. The van der Waals surface area contributed by atoms with Gasteiger partial charge in [-0.25, -0.2) is 9.37 Å². The van der Waals surface area contributed by atoms with E-state index in [1.54, 1.807) is 5.38 Å². The van der Waals surface area contributed by atoms with Gasteiger partial charge in [0.1, 0.15) is 16.4 Å². The molecule has 0 bridgehead atoms. The van der Waals surface area contributed by atoms with Crippen molar-refractivity contribution in [3.63, 3.8) is 0 Å². The molecule has 0 N–H and O–H groups in total. The average Bonchev–Trinajstić information content (AvgIpc) is 3.28. The molecular formula is C17H18FN3O2S. The molecule has 3 heterocycles. The summed E-state index contributed by atoms with van der Waals surface area (Å²) in [5.41, 5.74) is 0.556. The Bertz CT molecular complexity index is 747. The van der Waals surface area contributed by atoms with Crippen molar-refractivity contribution in [2.24, 2.45) is 5.92 Å². The number of carbonyl (C=O) groups excluding carboxylic acids is 1. The zero-order valence-corrected chi connectivity index (χ0v) is 14.0. The summed E-state index contributed by atoms with van der Waals surface area (Å²) in [7, 11) is 0. The summed E-state index contributed by atoms with van der Waals surface area (Å²) in [5.74, 6) is 0.201. The van der Waals surface area contributed by atoms with Gasteiger partial charge < -0.3 is 9.64 Å². The van der Waals surface area contributed by atoms with Crippen LogP contribution in [0.1, 0.15) is 29.8 Å². The Morgan fingerprint density at radius 1 is 1.46 bits per heavy atom. The number of rotatable bonds is 4. The lowest BCUT2D eigenvalue weighted by Gasteiger charge is -2.35. The van der Waals surface area contributed by atoms with Crippen molar-refractivity contribution < 1.29 is 13.9 Å². The standard InChI is InChI=1S/C17H18FN3O2S/c18-13-2-1-5-19-15(13)16-20-14(10-24-16)17(22)21-6-7-23-9-12(21)8-11-3-4-11/h1-2,5,10-12H,3-4,6-9H2/t12-/m0/s1. The number of carbonyl (C=O) groups is 1. The van der Waals surface area contributed by atoms with Crippen LogP contribution >= 0.6 is 11.3 Å². The summed E-state index contributed by atoms with van der Waals surface area (Å²) >= 11 is 1.24. The molecule has 1 amide bonds. The molecule has 1 saturated carbocycles. The maximum atomic E-state index is 13.8. The number of amides is 1. The minimum atomic E-state index is -0.427. The molecule has 1 saturated heterocycles. The lowest BCUT2D eigenvalue weighted by atomic mass is 10.1. The normalized spacial score (nSPS) is 21.0. The first-order valence-electron chi connectivity index (χ1n) is 8.17. The fraction of sp³-hybridized carbons (Fsp3) is 0.471.